The Balaban J connectivity index is 1.44. The molecule has 2 aromatic heterocycles. The summed E-state index contributed by atoms with van der Waals surface area (Å²) >= 11 is 7.44. The van der Waals surface area contributed by atoms with Crippen molar-refractivity contribution in [2.75, 3.05) is 11.1 Å². The predicted octanol–water partition coefficient (Wildman–Crippen LogP) is 4.18. The Morgan fingerprint density at radius 3 is 2.85 bits per heavy atom. The van der Waals surface area contributed by atoms with Crippen molar-refractivity contribution in [3.63, 3.8) is 0 Å². The molecule has 0 unspecified atom stereocenters. The largest absolute Gasteiger partial charge is 0.467 e. The quantitative estimate of drug-likeness (QED) is 0.614. The van der Waals surface area contributed by atoms with Crippen molar-refractivity contribution in [2.45, 2.75) is 30.5 Å². The number of amides is 1. The highest BCUT2D eigenvalue weighted by Gasteiger charge is 2.30. The van der Waals surface area contributed by atoms with Gasteiger partial charge in [0.15, 0.2) is 5.16 Å². The van der Waals surface area contributed by atoms with Crippen LogP contribution in [0.3, 0.4) is 0 Å². The van der Waals surface area contributed by atoms with E-state index in [1.165, 1.54) is 11.8 Å². The third-order valence-electron chi connectivity index (χ3n) is 4.06. The molecule has 1 aliphatic carbocycles. The summed E-state index contributed by atoms with van der Waals surface area (Å²) in [7, 11) is 0. The summed E-state index contributed by atoms with van der Waals surface area (Å²) in [5, 5.41) is 12.7. The van der Waals surface area contributed by atoms with Crippen LogP contribution in [0.25, 0.3) is 0 Å². The number of nitrogens with one attached hydrogen (secondary N) is 1. The zero-order chi connectivity index (χ0) is 17.9. The first-order valence-corrected chi connectivity index (χ1v) is 9.69. The number of thioether (sulfide) groups is 1. The molecule has 0 aliphatic heterocycles. The van der Waals surface area contributed by atoms with Gasteiger partial charge in [0.05, 0.1) is 29.3 Å². The molecule has 1 aromatic carbocycles. The van der Waals surface area contributed by atoms with Gasteiger partial charge in [0.1, 0.15) is 11.6 Å². The molecule has 1 amide bonds. The zero-order valence-electron chi connectivity index (χ0n) is 13.9. The summed E-state index contributed by atoms with van der Waals surface area (Å²) in [5.74, 6) is 2.36. The lowest BCUT2D eigenvalue weighted by Gasteiger charge is -2.09. The third kappa shape index (κ3) is 3.94. The highest BCUT2D eigenvalue weighted by atomic mass is 35.5. The summed E-state index contributed by atoms with van der Waals surface area (Å²) < 4.78 is 7.50. The molecule has 1 saturated carbocycles. The van der Waals surface area contributed by atoms with Crippen LogP contribution in [0.15, 0.2) is 52.2 Å². The predicted molar refractivity (Wildman–Crippen MR) is 101 cm³/mol. The third-order valence-corrected chi connectivity index (χ3v) is 5.36. The van der Waals surface area contributed by atoms with Crippen LogP contribution < -0.4 is 5.32 Å². The highest BCUT2D eigenvalue weighted by Crippen LogP contribution is 2.40. The molecule has 0 bridgehead atoms. The molecule has 1 aliphatic rings. The summed E-state index contributed by atoms with van der Waals surface area (Å²) in [6.45, 7) is 0.570. The van der Waals surface area contributed by atoms with Gasteiger partial charge in [-0.15, -0.1) is 10.2 Å². The van der Waals surface area contributed by atoms with Crippen LogP contribution >= 0.6 is 23.4 Å². The number of rotatable bonds is 7. The molecular weight excluding hydrogens is 372 g/mol. The second kappa shape index (κ2) is 7.55. The van der Waals surface area contributed by atoms with Crippen LogP contribution in [-0.4, -0.2) is 26.4 Å². The van der Waals surface area contributed by atoms with E-state index in [0.29, 0.717) is 23.2 Å². The molecule has 134 valence electrons. The van der Waals surface area contributed by atoms with Crippen LogP contribution in [0.4, 0.5) is 5.69 Å². The van der Waals surface area contributed by atoms with Gasteiger partial charge in [-0.2, -0.15) is 0 Å². The Labute approximate surface area is 159 Å². The van der Waals surface area contributed by atoms with Crippen molar-refractivity contribution >= 4 is 35.0 Å². The van der Waals surface area contributed by atoms with E-state index in [1.807, 2.05) is 28.8 Å². The number of hydrogen-bond acceptors (Lipinski definition) is 5. The van der Waals surface area contributed by atoms with E-state index in [2.05, 4.69) is 15.5 Å². The summed E-state index contributed by atoms with van der Waals surface area (Å²) in [6, 6.07) is 11.0. The number of carbonyl (C=O) groups excluding carboxylic acids is 1. The van der Waals surface area contributed by atoms with Crippen molar-refractivity contribution in [3.05, 3.63) is 59.3 Å². The monoisotopic (exact) mass is 388 g/mol. The average molecular weight is 389 g/mol. The van der Waals surface area contributed by atoms with Gasteiger partial charge in [-0.25, -0.2) is 0 Å². The molecule has 0 spiro atoms. The lowest BCUT2D eigenvalue weighted by atomic mass is 10.3. The lowest BCUT2D eigenvalue weighted by molar-refractivity contribution is -0.113. The van der Waals surface area contributed by atoms with Gasteiger partial charge in [-0.3, -0.25) is 9.36 Å². The van der Waals surface area contributed by atoms with Crippen molar-refractivity contribution in [2.24, 2.45) is 0 Å². The summed E-state index contributed by atoms with van der Waals surface area (Å²) in [4.78, 5) is 12.3. The number of para-hydroxylation sites is 1. The first-order valence-electron chi connectivity index (χ1n) is 8.33. The Morgan fingerprint density at radius 1 is 1.27 bits per heavy atom. The molecule has 6 nitrogen and oxygen atoms in total. The molecule has 2 heterocycles. The van der Waals surface area contributed by atoms with Crippen LogP contribution in [0.1, 0.15) is 30.3 Å². The van der Waals surface area contributed by atoms with E-state index in [9.17, 15) is 4.79 Å². The lowest BCUT2D eigenvalue weighted by Crippen LogP contribution is -2.15. The second-order valence-electron chi connectivity index (χ2n) is 6.10. The summed E-state index contributed by atoms with van der Waals surface area (Å²) in [6.07, 6.45) is 3.92. The molecule has 26 heavy (non-hydrogen) atoms. The summed E-state index contributed by atoms with van der Waals surface area (Å²) in [5.41, 5.74) is 0.607. The van der Waals surface area contributed by atoms with E-state index < -0.39 is 0 Å². The number of benzene rings is 1. The van der Waals surface area contributed by atoms with Crippen LogP contribution in [-0.2, 0) is 11.3 Å². The van der Waals surface area contributed by atoms with Crippen LogP contribution in [0.2, 0.25) is 5.02 Å². The molecule has 1 fully saturated rings. The van der Waals surface area contributed by atoms with E-state index in [-0.39, 0.29) is 11.7 Å². The standard InChI is InChI=1S/C18H17ClN4O2S/c19-14-5-1-2-6-15(14)20-16(24)11-26-18-22-21-17(12-7-8-12)23(18)10-13-4-3-9-25-13/h1-6,9,12H,7-8,10-11H2,(H,20,24). The van der Waals surface area contributed by atoms with E-state index in [0.717, 1.165) is 29.6 Å². The first-order chi connectivity index (χ1) is 12.7. The minimum atomic E-state index is -0.136. The number of hydrogen-bond donors (Lipinski definition) is 1. The molecule has 0 radical (unpaired) electrons. The molecule has 3 aromatic rings. The first kappa shape index (κ1) is 17.2. The SMILES string of the molecule is O=C(CSc1nnc(C2CC2)n1Cc1ccco1)Nc1ccccc1Cl. The van der Waals surface area contributed by atoms with Crippen molar-refractivity contribution in [1.29, 1.82) is 0 Å². The number of furan rings is 1. The Kier molecular flexibility index (Phi) is 4.99. The number of aromatic nitrogens is 3. The van der Waals surface area contributed by atoms with Gasteiger partial charge in [0.2, 0.25) is 5.91 Å². The van der Waals surface area contributed by atoms with Gasteiger partial charge < -0.3 is 9.73 Å². The smallest absolute Gasteiger partial charge is 0.234 e. The van der Waals surface area contributed by atoms with Crippen LogP contribution in [0.5, 0.6) is 0 Å². The minimum absolute atomic E-state index is 0.136. The number of carbonyl (C=O) groups is 1. The minimum Gasteiger partial charge on any atom is -0.467 e. The maximum absolute atomic E-state index is 12.3. The fraction of sp³-hybridized carbons (Fsp3) is 0.278. The highest BCUT2D eigenvalue weighted by molar-refractivity contribution is 7.99. The zero-order valence-corrected chi connectivity index (χ0v) is 15.5. The van der Waals surface area contributed by atoms with Gasteiger partial charge >= 0.3 is 0 Å². The van der Waals surface area contributed by atoms with Gasteiger partial charge in [-0.05, 0) is 37.1 Å². The Morgan fingerprint density at radius 2 is 2.12 bits per heavy atom. The maximum atomic E-state index is 12.3. The Bertz CT molecular complexity index is 906. The number of nitrogens with zero attached hydrogens (tertiary/aromatic N) is 3. The van der Waals surface area contributed by atoms with Crippen molar-refractivity contribution < 1.29 is 9.21 Å². The van der Waals surface area contributed by atoms with E-state index >= 15 is 0 Å². The fourth-order valence-corrected chi connectivity index (χ4v) is 3.56. The van der Waals surface area contributed by atoms with Crippen molar-refractivity contribution in [1.82, 2.24) is 14.8 Å². The molecule has 0 atom stereocenters. The number of anilines is 1. The molecular formula is C18H17ClN4O2S. The number of halogens is 1. The maximum Gasteiger partial charge on any atom is 0.234 e. The van der Waals surface area contributed by atoms with Gasteiger partial charge in [0.25, 0.3) is 0 Å². The topological polar surface area (TPSA) is 73.0 Å². The van der Waals surface area contributed by atoms with Crippen LogP contribution in [0, 0.1) is 0 Å². The van der Waals surface area contributed by atoms with Gasteiger partial charge in [0, 0.05) is 5.92 Å². The second-order valence-corrected chi connectivity index (χ2v) is 7.45. The Hall–Kier alpha value is -2.25. The molecule has 1 N–H and O–H groups in total. The molecule has 4 rings (SSSR count). The normalized spacial score (nSPS) is 13.7. The average Bonchev–Trinajstić information content (AvgIpc) is 3.20. The molecule has 8 heteroatoms. The van der Waals surface area contributed by atoms with E-state index in [4.69, 9.17) is 16.0 Å². The van der Waals surface area contributed by atoms with E-state index in [1.54, 1.807) is 18.4 Å². The fourth-order valence-electron chi connectivity index (χ4n) is 2.64. The van der Waals surface area contributed by atoms with Gasteiger partial charge in [-0.1, -0.05) is 35.5 Å². The van der Waals surface area contributed by atoms with Crippen molar-refractivity contribution in [3.8, 4) is 0 Å². The molecule has 0 saturated heterocycles.